The molecule has 5 heteroatoms. The molecule has 0 aliphatic heterocycles. The lowest BCUT2D eigenvalue weighted by Crippen LogP contribution is -2.10. The zero-order valence-electron chi connectivity index (χ0n) is 8.77. The monoisotopic (exact) mass is 229 g/mol. The predicted molar refractivity (Wildman–Crippen MR) is 60.6 cm³/mol. The topological polar surface area (TPSA) is 65.8 Å². The molecule has 2 rings (SSSR count). The van der Waals surface area contributed by atoms with Crippen LogP contribution in [0.3, 0.4) is 0 Å². The molecule has 0 atom stereocenters. The number of hydrogen-bond donors (Lipinski definition) is 1. The van der Waals surface area contributed by atoms with Crippen LogP contribution in [0.2, 0.25) is 0 Å². The second-order valence-electron chi connectivity index (χ2n) is 3.43. The van der Waals surface area contributed by atoms with Crippen LogP contribution in [0.4, 0.5) is 10.1 Å². The van der Waals surface area contributed by atoms with Crippen LogP contribution < -0.4 is 5.32 Å². The molecule has 0 saturated heterocycles. The molecular weight excluding hydrogens is 221 g/mol. The maximum absolute atomic E-state index is 13.3. The highest BCUT2D eigenvalue weighted by Crippen LogP contribution is 2.24. The molecule has 4 nitrogen and oxygen atoms in total. The molecule has 0 fully saturated rings. The highest BCUT2D eigenvalue weighted by molar-refractivity contribution is 6.02. The summed E-state index contributed by atoms with van der Waals surface area (Å²) in [6, 6.07) is 5.97. The van der Waals surface area contributed by atoms with Crippen molar-refractivity contribution in [3.8, 4) is 6.07 Å². The number of nitrogens with one attached hydrogen (secondary N) is 1. The van der Waals surface area contributed by atoms with Gasteiger partial charge in [0.05, 0.1) is 11.8 Å². The Balaban J connectivity index is 2.46. The molecule has 1 N–H and O–H groups in total. The zero-order chi connectivity index (χ0) is 12.3. The van der Waals surface area contributed by atoms with Crippen LogP contribution in [-0.2, 0) is 4.79 Å². The van der Waals surface area contributed by atoms with Gasteiger partial charge < -0.3 is 5.32 Å². The van der Waals surface area contributed by atoms with E-state index in [4.69, 9.17) is 5.26 Å². The number of nitriles is 1. The van der Waals surface area contributed by atoms with E-state index >= 15 is 0 Å². The van der Waals surface area contributed by atoms with Gasteiger partial charge in [0.2, 0.25) is 5.91 Å². The number of fused-ring (bicyclic) bond motifs is 1. The number of rotatable bonds is 2. The number of halogens is 1. The van der Waals surface area contributed by atoms with E-state index in [2.05, 4.69) is 10.3 Å². The van der Waals surface area contributed by atoms with Crippen molar-refractivity contribution in [3.05, 3.63) is 36.4 Å². The Hall–Kier alpha value is -2.48. The van der Waals surface area contributed by atoms with E-state index in [0.717, 1.165) is 0 Å². The van der Waals surface area contributed by atoms with E-state index in [-0.39, 0.29) is 6.42 Å². The number of amides is 1. The van der Waals surface area contributed by atoms with Crippen molar-refractivity contribution in [2.45, 2.75) is 6.42 Å². The van der Waals surface area contributed by atoms with Gasteiger partial charge in [-0.2, -0.15) is 5.26 Å². The van der Waals surface area contributed by atoms with E-state index in [1.807, 2.05) is 0 Å². The molecular formula is C12H8FN3O. The second kappa shape index (κ2) is 4.58. The first-order valence-electron chi connectivity index (χ1n) is 4.91. The lowest BCUT2D eigenvalue weighted by molar-refractivity contribution is -0.115. The minimum absolute atomic E-state index is 0.261. The highest BCUT2D eigenvalue weighted by Gasteiger charge is 2.07. The molecule has 0 radical (unpaired) electrons. The van der Waals surface area contributed by atoms with Gasteiger partial charge in [-0.25, -0.2) is 4.39 Å². The van der Waals surface area contributed by atoms with Crippen LogP contribution >= 0.6 is 0 Å². The third kappa shape index (κ3) is 2.37. The van der Waals surface area contributed by atoms with Crippen LogP contribution in [0.15, 0.2) is 30.6 Å². The summed E-state index contributed by atoms with van der Waals surface area (Å²) in [7, 11) is 0. The van der Waals surface area contributed by atoms with Gasteiger partial charge in [-0.3, -0.25) is 9.78 Å². The van der Waals surface area contributed by atoms with E-state index in [1.165, 1.54) is 18.3 Å². The Kier molecular flexibility index (Phi) is 2.97. The van der Waals surface area contributed by atoms with E-state index in [1.54, 1.807) is 18.3 Å². The molecule has 84 valence electrons. The van der Waals surface area contributed by atoms with E-state index < -0.39 is 11.7 Å². The van der Waals surface area contributed by atoms with Crippen molar-refractivity contribution >= 4 is 22.4 Å². The van der Waals surface area contributed by atoms with Crippen LogP contribution in [-0.4, -0.2) is 10.9 Å². The van der Waals surface area contributed by atoms with Gasteiger partial charge in [-0.15, -0.1) is 0 Å². The van der Waals surface area contributed by atoms with Gasteiger partial charge in [0, 0.05) is 23.2 Å². The zero-order valence-corrected chi connectivity index (χ0v) is 8.77. The second-order valence-corrected chi connectivity index (χ2v) is 3.43. The van der Waals surface area contributed by atoms with Crippen molar-refractivity contribution in [2.24, 2.45) is 0 Å². The summed E-state index contributed by atoms with van der Waals surface area (Å²) in [5.74, 6) is -0.922. The molecule has 0 aliphatic carbocycles. The molecule has 2 aromatic rings. The summed E-state index contributed by atoms with van der Waals surface area (Å²) in [5.41, 5.74) is 0.350. The van der Waals surface area contributed by atoms with Gasteiger partial charge in [0.25, 0.3) is 0 Å². The number of nitrogens with zero attached hydrogens (tertiary/aromatic N) is 2. The molecule has 1 amide bonds. The van der Waals surface area contributed by atoms with Crippen molar-refractivity contribution in [2.75, 3.05) is 5.32 Å². The van der Waals surface area contributed by atoms with E-state index in [0.29, 0.717) is 16.5 Å². The summed E-state index contributed by atoms with van der Waals surface area (Å²) in [6.07, 6.45) is 2.81. The number of aromatic nitrogens is 1. The van der Waals surface area contributed by atoms with Crippen molar-refractivity contribution < 1.29 is 9.18 Å². The van der Waals surface area contributed by atoms with Crippen LogP contribution in [0.1, 0.15) is 6.42 Å². The van der Waals surface area contributed by atoms with Crippen LogP contribution in [0.25, 0.3) is 10.8 Å². The molecule has 0 bridgehead atoms. The van der Waals surface area contributed by atoms with Crippen molar-refractivity contribution in [3.63, 3.8) is 0 Å². The number of carbonyl (C=O) groups is 1. The SMILES string of the molecule is N#CCC(=O)Nc1cc(F)cc2cnccc12. The maximum atomic E-state index is 13.3. The summed E-state index contributed by atoms with van der Waals surface area (Å²) in [6.45, 7) is 0. The van der Waals surface area contributed by atoms with Crippen LogP contribution in [0.5, 0.6) is 0 Å². The Morgan fingerprint density at radius 3 is 3.12 bits per heavy atom. The first-order valence-corrected chi connectivity index (χ1v) is 4.91. The average molecular weight is 229 g/mol. The summed E-state index contributed by atoms with van der Waals surface area (Å²) in [5, 5.41) is 12.2. The Bertz CT molecular complexity index is 619. The number of benzene rings is 1. The summed E-state index contributed by atoms with van der Waals surface area (Å²) < 4.78 is 13.3. The summed E-state index contributed by atoms with van der Waals surface area (Å²) >= 11 is 0. The standard InChI is InChI=1S/C12H8FN3O/c13-9-5-8-7-15-4-2-10(8)11(6-9)16-12(17)1-3-14/h2,4-7H,1H2,(H,16,17). The predicted octanol–water partition coefficient (Wildman–Crippen LogP) is 2.23. The summed E-state index contributed by atoms with van der Waals surface area (Å²) in [4.78, 5) is 15.2. The largest absolute Gasteiger partial charge is 0.325 e. The minimum Gasteiger partial charge on any atom is -0.325 e. The Morgan fingerprint density at radius 1 is 1.53 bits per heavy atom. The molecule has 0 aliphatic rings. The highest BCUT2D eigenvalue weighted by atomic mass is 19.1. The number of carbonyl (C=O) groups excluding carboxylic acids is 1. The Labute approximate surface area is 96.7 Å². The molecule has 1 heterocycles. The Morgan fingerprint density at radius 2 is 2.35 bits per heavy atom. The fraction of sp³-hybridized carbons (Fsp3) is 0.0833. The normalized spacial score (nSPS) is 9.88. The molecule has 1 aromatic carbocycles. The van der Waals surface area contributed by atoms with Gasteiger partial charge in [-0.1, -0.05) is 0 Å². The average Bonchev–Trinajstić information content (AvgIpc) is 2.29. The molecule has 0 spiro atoms. The van der Waals surface area contributed by atoms with Gasteiger partial charge in [0.15, 0.2) is 0 Å². The number of hydrogen-bond acceptors (Lipinski definition) is 3. The van der Waals surface area contributed by atoms with Gasteiger partial charge in [0.1, 0.15) is 12.2 Å². The lowest BCUT2D eigenvalue weighted by atomic mass is 10.1. The maximum Gasteiger partial charge on any atom is 0.238 e. The van der Waals surface area contributed by atoms with Crippen LogP contribution in [0, 0.1) is 17.1 Å². The van der Waals surface area contributed by atoms with Gasteiger partial charge >= 0.3 is 0 Å². The van der Waals surface area contributed by atoms with Crippen molar-refractivity contribution in [1.82, 2.24) is 4.98 Å². The molecule has 1 aromatic heterocycles. The molecule has 17 heavy (non-hydrogen) atoms. The molecule has 0 saturated carbocycles. The fourth-order valence-electron chi connectivity index (χ4n) is 1.54. The third-order valence-electron chi connectivity index (χ3n) is 2.23. The first kappa shape index (κ1) is 11.0. The quantitative estimate of drug-likeness (QED) is 0.858. The minimum atomic E-state index is -0.462. The lowest BCUT2D eigenvalue weighted by Gasteiger charge is -2.07. The first-order chi connectivity index (χ1) is 8.20. The smallest absolute Gasteiger partial charge is 0.238 e. The molecule has 0 unspecified atom stereocenters. The fourth-order valence-corrected chi connectivity index (χ4v) is 1.54. The number of anilines is 1. The number of pyridine rings is 1. The van der Waals surface area contributed by atoms with Gasteiger partial charge in [-0.05, 0) is 18.2 Å². The van der Waals surface area contributed by atoms with Crippen molar-refractivity contribution in [1.29, 1.82) is 5.26 Å². The van der Waals surface area contributed by atoms with E-state index in [9.17, 15) is 9.18 Å². The third-order valence-corrected chi connectivity index (χ3v) is 2.23.